The minimum absolute atomic E-state index is 0.226. The number of ether oxygens (including phenoxy) is 1. The van der Waals surface area contributed by atoms with E-state index in [0.29, 0.717) is 30.9 Å². The Bertz CT molecular complexity index is 540. The maximum absolute atomic E-state index is 12.5. The fourth-order valence-corrected chi connectivity index (χ4v) is 4.19. The Hall–Kier alpha value is -1.40. The van der Waals surface area contributed by atoms with Gasteiger partial charge in [-0.1, -0.05) is 24.4 Å². The lowest BCUT2D eigenvalue weighted by Gasteiger charge is -2.32. The Morgan fingerprint density at radius 2 is 2.16 bits per heavy atom. The molecule has 2 unspecified atom stereocenters. The highest BCUT2D eigenvalue weighted by Crippen LogP contribution is 2.27. The third-order valence-electron chi connectivity index (χ3n) is 5.55. The minimum Gasteiger partial charge on any atom is -0.377 e. The zero-order valence-electron chi connectivity index (χ0n) is 15.3. The average Bonchev–Trinajstić information content (AvgIpc) is 3.05. The van der Waals surface area contributed by atoms with Crippen LogP contribution < -0.4 is 10.6 Å². The predicted molar refractivity (Wildman–Crippen MR) is 95.0 cm³/mol. The van der Waals surface area contributed by atoms with Crippen LogP contribution in [0.5, 0.6) is 0 Å². The van der Waals surface area contributed by atoms with Crippen LogP contribution in [-0.4, -0.2) is 37.3 Å². The van der Waals surface area contributed by atoms with E-state index in [0.717, 1.165) is 50.2 Å². The summed E-state index contributed by atoms with van der Waals surface area (Å²) in [6, 6.07) is 2.37. The number of hydrogen-bond donors (Lipinski definition) is 2. The molecule has 1 aromatic rings. The molecule has 0 bridgehead atoms. The van der Waals surface area contributed by atoms with Crippen molar-refractivity contribution in [2.24, 2.45) is 11.8 Å². The van der Waals surface area contributed by atoms with Gasteiger partial charge in [-0.15, -0.1) is 0 Å². The van der Waals surface area contributed by atoms with Crippen LogP contribution in [0, 0.1) is 11.8 Å². The lowest BCUT2D eigenvalue weighted by Crippen LogP contribution is -2.42. The Balaban J connectivity index is 1.51. The summed E-state index contributed by atoms with van der Waals surface area (Å²) in [5.41, 5.74) is 0.957. The molecule has 2 atom stereocenters. The van der Waals surface area contributed by atoms with Crippen molar-refractivity contribution >= 4 is 5.91 Å². The number of amides is 1. The molecule has 0 aromatic carbocycles. The number of carbonyl (C=O) groups is 1. The molecular weight excluding hydrogens is 318 g/mol. The molecule has 6 heteroatoms. The molecule has 3 rings (SSSR count). The number of rotatable bonds is 7. The van der Waals surface area contributed by atoms with Crippen molar-refractivity contribution in [3.05, 3.63) is 17.5 Å². The average molecular weight is 349 g/mol. The molecule has 140 valence electrons. The lowest BCUT2D eigenvalue weighted by atomic mass is 9.81. The number of nitrogens with one attached hydrogen (secondary N) is 2. The van der Waals surface area contributed by atoms with Gasteiger partial charge >= 0.3 is 0 Å². The van der Waals surface area contributed by atoms with E-state index in [1.165, 1.54) is 19.3 Å². The number of aromatic nitrogens is 1. The van der Waals surface area contributed by atoms with Crippen molar-refractivity contribution in [1.29, 1.82) is 0 Å². The van der Waals surface area contributed by atoms with Crippen LogP contribution in [0.25, 0.3) is 0 Å². The first-order valence-corrected chi connectivity index (χ1v) is 9.68. The van der Waals surface area contributed by atoms with Gasteiger partial charge in [-0.2, -0.15) is 0 Å². The van der Waals surface area contributed by atoms with Gasteiger partial charge in [0.05, 0.1) is 5.69 Å². The molecular formula is C19H31N3O3. The van der Waals surface area contributed by atoms with E-state index >= 15 is 0 Å². The largest absolute Gasteiger partial charge is 0.377 e. The summed E-state index contributed by atoms with van der Waals surface area (Å²) in [6.07, 6.45) is 8.61. The fourth-order valence-electron chi connectivity index (χ4n) is 4.19. The van der Waals surface area contributed by atoms with Crippen LogP contribution in [0.2, 0.25) is 0 Å². The molecule has 1 aliphatic carbocycles. The molecule has 0 spiro atoms. The van der Waals surface area contributed by atoms with Gasteiger partial charge in [0.15, 0.2) is 5.76 Å². The third kappa shape index (κ3) is 5.54. The molecule has 1 saturated carbocycles. The van der Waals surface area contributed by atoms with Crippen molar-refractivity contribution in [2.45, 2.75) is 64.0 Å². The summed E-state index contributed by atoms with van der Waals surface area (Å²) in [4.78, 5) is 12.5. The monoisotopic (exact) mass is 349 g/mol. The van der Waals surface area contributed by atoms with Gasteiger partial charge in [-0.3, -0.25) is 4.79 Å². The molecule has 1 saturated heterocycles. The summed E-state index contributed by atoms with van der Waals surface area (Å²) < 4.78 is 10.4. The summed E-state index contributed by atoms with van der Waals surface area (Å²) in [5.74, 6) is 1.82. The second kappa shape index (κ2) is 9.34. The van der Waals surface area contributed by atoms with Gasteiger partial charge in [-0.25, -0.2) is 0 Å². The van der Waals surface area contributed by atoms with E-state index in [9.17, 15) is 4.79 Å². The molecule has 2 N–H and O–H groups in total. The smallest absolute Gasteiger partial charge is 0.220 e. The van der Waals surface area contributed by atoms with Crippen molar-refractivity contribution in [3.63, 3.8) is 0 Å². The van der Waals surface area contributed by atoms with Gasteiger partial charge in [0.25, 0.3) is 0 Å². The van der Waals surface area contributed by atoms with E-state index in [1.807, 2.05) is 6.07 Å². The molecule has 0 radical (unpaired) electrons. The van der Waals surface area contributed by atoms with Crippen LogP contribution in [0.3, 0.4) is 0 Å². The highest BCUT2D eigenvalue weighted by Gasteiger charge is 2.29. The van der Waals surface area contributed by atoms with Gasteiger partial charge in [0.2, 0.25) is 5.91 Å². The van der Waals surface area contributed by atoms with E-state index in [4.69, 9.17) is 9.26 Å². The first-order valence-electron chi connectivity index (χ1n) is 9.68. The molecule has 2 fully saturated rings. The number of methoxy groups -OCH3 is 1. The lowest BCUT2D eigenvalue weighted by molar-refractivity contribution is -0.123. The van der Waals surface area contributed by atoms with Crippen molar-refractivity contribution < 1.29 is 14.1 Å². The summed E-state index contributed by atoms with van der Waals surface area (Å²) in [6.45, 7) is 2.38. The highest BCUT2D eigenvalue weighted by molar-refractivity contribution is 5.76. The van der Waals surface area contributed by atoms with E-state index in [2.05, 4.69) is 15.8 Å². The van der Waals surface area contributed by atoms with Gasteiger partial charge in [0, 0.05) is 25.6 Å². The Morgan fingerprint density at radius 1 is 1.32 bits per heavy atom. The van der Waals surface area contributed by atoms with Crippen LogP contribution in [-0.2, 0) is 22.6 Å². The summed E-state index contributed by atoms with van der Waals surface area (Å²) in [5, 5.41) is 10.9. The number of piperidine rings is 1. The molecule has 25 heavy (non-hydrogen) atoms. The SMILES string of the molecule is COCc1cc(CC2CNCCC2CC(=O)NC2CCCCC2)no1. The van der Waals surface area contributed by atoms with E-state index in [1.54, 1.807) is 7.11 Å². The topological polar surface area (TPSA) is 76.4 Å². The fraction of sp³-hybridized carbons (Fsp3) is 0.789. The molecule has 1 aromatic heterocycles. The standard InChI is InChI=1S/C19H31N3O3/c1-24-13-18-11-17(22-25-18)9-15-12-20-8-7-14(15)10-19(23)21-16-5-3-2-4-6-16/h11,14-16,20H,2-10,12-13H2,1H3,(H,21,23). The maximum atomic E-state index is 12.5. The summed E-state index contributed by atoms with van der Waals surface area (Å²) >= 11 is 0. The zero-order chi connectivity index (χ0) is 17.5. The minimum atomic E-state index is 0.226. The number of hydrogen-bond acceptors (Lipinski definition) is 5. The third-order valence-corrected chi connectivity index (χ3v) is 5.55. The van der Waals surface area contributed by atoms with Crippen LogP contribution in [0.15, 0.2) is 10.6 Å². The quantitative estimate of drug-likeness (QED) is 0.791. The molecule has 2 heterocycles. The maximum Gasteiger partial charge on any atom is 0.220 e. The normalized spacial score (nSPS) is 25.0. The predicted octanol–water partition coefficient (Wildman–Crippen LogP) is 2.43. The first kappa shape index (κ1) is 18.4. The van der Waals surface area contributed by atoms with Crippen LogP contribution >= 0.6 is 0 Å². The molecule has 1 aliphatic heterocycles. The van der Waals surface area contributed by atoms with Gasteiger partial charge in [-0.05, 0) is 50.6 Å². The van der Waals surface area contributed by atoms with Crippen LogP contribution in [0.4, 0.5) is 0 Å². The molecule has 2 aliphatic rings. The molecule has 1 amide bonds. The first-order chi connectivity index (χ1) is 12.2. The van der Waals surface area contributed by atoms with Crippen molar-refractivity contribution in [3.8, 4) is 0 Å². The van der Waals surface area contributed by atoms with Gasteiger partial charge < -0.3 is 19.9 Å². The van der Waals surface area contributed by atoms with E-state index < -0.39 is 0 Å². The number of nitrogens with zero attached hydrogens (tertiary/aromatic N) is 1. The zero-order valence-corrected chi connectivity index (χ0v) is 15.3. The Kier molecular flexibility index (Phi) is 6.87. The second-order valence-corrected chi connectivity index (χ2v) is 7.54. The summed E-state index contributed by atoms with van der Waals surface area (Å²) in [7, 11) is 1.65. The highest BCUT2D eigenvalue weighted by atomic mass is 16.5. The number of carbonyl (C=O) groups excluding carboxylic acids is 1. The van der Waals surface area contributed by atoms with Crippen molar-refractivity contribution in [2.75, 3.05) is 20.2 Å². The van der Waals surface area contributed by atoms with Gasteiger partial charge in [0.1, 0.15) is 6.61 Å². The van der Waals surface area contributed by atoms with Crippen LogP contribution in [0.1, 0.15) is 56.4 Å². The molecule has 6 nitrogen and oxygen atoms in total. The van der Waals surface area contributed by atoms with Crippen molar-refractivity contribution in [1.82, 2.24) is 15.8 Å². The second-order valence-electron chi connectivity index (χ2n) is 7.54. The van der Waals surface area contributed by atoms with E-state index in [-0.39, 0.29) is 5.91 Å². The Labute approximate surface area is 150 Å². The Morgan fingerprint density at radius 3 is 2.96 bits per heavy atom.